The minimum absolute atomic E-state index is 0.307. The molecule has 15 heavy (non-hydrogen) atoms. The highest BCUT2D eigenvalue weighted by molar-refractivity contribution is 9.10. The summed E-state index contributed by atoms with van der Waals surface area (Å²) in [5.41, 5.74) is 0. The molecule has 0 amide bonds. The van der Waals surface area contributed by atoms with Crippen molar-refractivity contribution in [3.8, 4) is 0 Å². The molecule has 1 rings (SSSR count). The maximum absolute atomic E-state index is 5.62. The second kappa shape index (κ2) is 5.71. The maximum atomic E-state index is 5.62. The van der Waals surface area contributed by atoms with Crippen molar-refractivity contribution in [3.63, 3.8) is 0 Å². The number of halogens is 1. The largest absolute Gasteiger partial charge is 0.453 e. The molecule has 0 bridgehead atoms. The van der Waals surface area contributed by atoms with E-state index in [1.165, 1.54) is 0 Å². The van der Waals surface area contributed by atoms with E-state index in [1.54, 1.807) is 0 Å². The van der Waals surface area contributed by atoms with Crippen LogP contribution in [0.3, 0.4) is 0 Å². The third-order valence-corrected chi connectivity index (χ3v) is 3.33. The van der Waals surface area contributed by atoms with Crippen LogP contribution < -0.4 is 5.32 Å². The lowest BCUT2D eigenvalue weighted by Gasteiger charge is -2.25. The topological polar surface area (TPSA) is 25.2 Å². The molecule has 1 heterocycles. The molecule has 0 radical (unpaired) electrons. The number of nitrogens with one attached hydrogen (secondary N) is 1. The molecule has 2 nitrogen and oxygen atoms in total. The number of hydrogen-bond acceptors (Lipinski definition) is 2. The van der Waals surface area contributed by atoms with Crippen LogP contribution in [0.2, 0.25) is 0 Å². The third kappa shape index (κ3) is 3.35. The summed E-state index contributed by atoms with van der Waals surface area (Å²) >= 11 is 3.34. The minimum atomic E-state index is 0.307. The summed E-state index contributed by atoms with van der Waals surface area (Å²) in [5.74, 6) is 2.21. The zero-order valence-electron chi connectivity index (χ0n) is 9.88. The van der Waals surface area contributed by atoms with Crippen LogP contribution in [0.25, 0.3) is 0 Å². The molecule has 2 atom stereocenters. The van der Waals surface area contributed by atoms with Crippen LogP contribution in [0.1, 0.15) is 39.5 Å². The van der Waals surface area contributed by atoms with Gasteiger partial charge in [-0.25, -0.2) is 0 Å². The summed E-state index contributed by atoms with van der Waals surface area (Å²) in [4.78, 5) is 0. The molecule has 2 unspecified atom stereocenters. The predicted molar refractivity (Wildman–Crippen MR) is 66.8 cm³/mol. The van der Waals surface area contributed by atoms with E-state index in [9.17, 15) is 0 Å². The Morgan fingerprint density at radius 3 is 2.40 bits per heavy atom. The molecular weight excluding hydrogens is 254 g/mol. The third-order valence-electron chi connectivity index (χ3n) is 2.90. The maximum Gasteiger partial charge on any atom is 0.169 e. The zero-order chi connectivity index (χ0) is 11.4. The van der Waals surface area contributed by atoms with Gasteiger partial charge in [0, 0.05) is 0 Å². The summed E-state index contributed by atoms with van der Waals surface area (Å²) in [5, 5.41) is 3.48. The Balaban J connectivity index is 2.82. The van der Waals surface area contributed by atoms with Gasteiger partial charge in [0.2, 0.25) is 0 Å². The Labute approximate surface area is 101 Å². The van der Waals surface area contributed by atoms with Gasteiger partial charge in [-0.2, -0.15) is 0 Å². The molecule has 1 aromatic heterocycles. The van der Waals surface area contributed by atoms with Crippen molar-refractivity contribution in [2.45, 2.75) is 33.7 Å². The van der Waals surface area contributed by atoms with Crippen molar-refractivity contribution in [1.29, 1.82) is 0 Å². The molecule has 1 N–H and O–H groups in total. The first-order valence-corrected chi connectivity index (χ1v) is 6.34. The lowest BCUT2D eigenvalue weighted by molar-refractivity contribution is 0.268. The first-order valence-electron chi connectivity index (χ1n) is 5.54. The highest BCUT2D eigenvalue weighted by Crippen LogP contribution is 2.30. The first-order chi connectivity index (χ1) is 7.06. The van der Waals surface area contributed by atoms with E-state index in [1.807, 2.05) is 12.1 Å². The second-order valence-corrected chi connectivity index (χ2v) is 5.06. The Morgan fingerprint density at radius 1 is 1.33 bits per heavy atom. The zero-order valence-corrected chi connectivity index (χ0v) is 11.5. The van der Waals surface area contributed by atoms with Gasteiger partial charge in [-0.15, -0.1) is 0 Å². The van der Waals surface area contributed by atoms with Crippen LogP contribution in [0.15, 0.2) is 21.2 Å². The standard InChI is InChI=1S/C12H20BrNO/c1-5-14-12(9(4)8(2)3)10-6-7-11(13)15-10/h6-9,12,14H,5H2,1-4H3. The lowest BCUT2D eigenvalue weighted by Crippen LogP contribution is -2.29. The number of furan rings is 1. The second-order valence-electron chi connectivity index (χ2n) is 4.28. The Morgan fingerprint density at radius 2 is 2.00 bits per heavy atom. The van der Waals surface area contributed by atoms with Crippen LogP contribution in [-0.2, 0) is 0 Å². The Hall–Kier alpha value is -0.280. The molecule has 0 aliphatic carbocycles. The van der Waals surface area contributed by atoms with Crippen LogP contribution in [-0.4, -0.2) is 6.54 Å². The highest BCUT2D eigenvalue weighted by Gasteiger charge is 2.23. The van der Waals surface area contributed by atoms with Crippen molar-refractivity contribution in [2.75, 3.05) is 6.54 Å². The fourth-order valence-corrected chi connectivity index (χ4v) is 1.96. The summed E-state index contributed by atoms with van der Waals surface area (Å²) in [6, 6.07) is 4.30. The lowest BCUT2D eigenvalue weighted by atomic mass is 9.89. The molecular formula is C12H20BrNO. The SMILES string of the molecule is CCNC(c1ccc(Br)o1)C(C)C(C)C. The van der Waals surface area contributed by atoms with Gasteiger partial charge in [0.15, 0.2) is 4.67 Å². The normalized spacial score (nSPS) is 15.6. The van der Waals surface area contributed by atoms with Crippen LogP contribution in [0, 0.1) is 11.8 Å². The fourth-order valence-electron chi connectivity index (χ4n) is 1.65. The molecule has 0 fully saturated rings. The first kappa shape index (κ1) is 12.8. The van der Waals surface area contributed by atoms with E-state index in [0.717, 1.165) is 17.0 Å². The van der Waals surface area contributed by atoms with Crippen LogP contribution >= 0.6 is 15.9 Å². The minimum Gasteiger partial charge on any atom is -0.453 e. The van der Waals surface area contributed by atoms with Gasteiger partial charge in [0.1, 0.15) is 5.76 Å². The van der Waals surface area contributed by atoms with Gasteiger partial charge in [0.25, 0.3) is 0 Å². The van der Waals surface area contributed by atoms with E-state index < -0.39 is 0 Å². The molecule has 86 valence electrons. The Kier molecular flexibility index (Phi) is 4.87. The van der Waals surface area contributed by atoms with Gasteiger partial charge in [-0.05, 0) is 46.4 Å². The monoisotopic (exact) mass is 273 g/mol. The van der Waals surface area contributed by atoms with E-state index >= 15 is 0 Å². The van der Waals surface area contributed by atoms with Crippen LogP contribution in [0.4, 0.5) is 0 Å². The van der Waals surface area contributed by atoms with Gasteiger partial charge in [0.05, 0.1) is 6.04 Å². The van der Waals surface area contributed by atoms with E-state index in [0.29, 0.717) is 17.9 Å². The average molecular weight is 274 g/mol. The number of rotatable bonds is 5. The summed E-state index contributed by atoms with van der Waals surface area (Å²) in [6.45, 7) is 9.83. The van der Waals surface area contributed by atoms with Gasteiger partial charge >= 0.3 is 0 Å². The van der Waals surface area contributed by atoms with Crippen molar-refractivity contribution >= 4 is 15.9 Å². The smallest absolute Gasteiger partial charge is 0.169 e. The quantitative estimate of drug-likeness (QED) is 0.878. The average Bonchev–Trinajstić information content (AvgIpc) is 2.60. The molecule has 0 saturated heterocycles. The van der Waals surface area contributed by atoms with Gasteiger partial charge < -0.3 is 9.73 Å². The fraction of sp³-hybridized carbons (Fsp3) is 0.667. The molecule has 3 heteroatoms. The molecule has 0 aromatic carbocycles. The van der Waals surface area contributed by atoms with Crippen molar-refractivity contribution in [2.24, 2.45) is 11.8 Å². The summed E-state index contributed by atoms with van der Waals surface area (Å²) in [7, 11) is 0. The number of hydrogen-bond donors (Lipinski definition) is 1. The van der Waals surface area contributed by atoms with E-state index in [2.05, 4.69) is 48.9 Å². The highest BCUT2D eigenvalue weighted by atomic mass is 79.9. The molecule has 1 aromatic rings. The summed E-state index contributed by atoms with van der Waals surface area (Å²) in [6.07, 6.45) is 0. The molecule has 0 saturated carbocycles. The van der Waals surface area contributed by atoms with Crippen molar-refractivity contribution in [1.82, 2.24) is 5.32 Å². The molecule has 0 spiro atoms. The van der Waals surface area contributed by atoms with Crippen molar-refractivity contribution in [3.05, 3.63) is 22.6 Å². The molecule has 0 aliphatic rings. The van der Waals surface area contributed by atoms with E-state index in [4.69, 9.17) is 4.42 Å². The molecule has 0 aliphatic heterocycles. The summed E-state index contributed by atoms with van der Waals surface area (Å²) < 4.78 is 6.43. The van der Waals surface area contributed by atoms with Crippen LogP contribution in [0.5, 0.6) is 0 Å². The predicted octanol–water partition coefficient (Wildman–Crippen LogP) is 3.98. The Bertz CT molecular complexity index is 296. The van der Waals surface area contributed by atoms with Gasteiger partial charge in [-0.1, -0.05) is 27.7 Å². The van der Waals surface area contributed by atoms with E-state index in [-0.39, 0.29) is 0 Å². The van der Waals surface area contributed by atoms with Crippen molar-refractivity contribution < 1.29 is 4.42 Å². The van der Waals surface area contributed by atoms with Gasteiger partial charge in [-0.3, -0.25) is 0 Å².